The molecule has 1 saturated heterocycles. The minimum Gasteiger partial charge on any atom is -0.484 e. The summed E-state index contributed by atoms with van der Waals surface area (Å²) in [5.74, 6) is 2.59. The van der Waals surface area contributed by atoms with Gasteiger partial charge in [0.1, 0.15) is 11.6 Å². The minimum atomic E-state index is 0.0795. The van der Waals surface area contributed by atoms with Crippen LogP contribution in [0.3, 0.4) is 0 Å². The first kappa shape index (κ1) is 17.5. The van der Waals surface area contributed by atoms with Gasteiger partial charge in [0.15, 0.2) is 6.61 Å². The second kappa shape index (κ2) is 8.19. The molecule has 134 valence electrons. The Balaban J connectivity index is 1.43. The summed E-state index contributed by atoms with van der Waals surface area (Å²) >= 11 is 0. The van der Waals surface area contributed by atoms with E-state index in [2.05, 4.69) is 22.7 Å². The Morgan fingerprint density at radius 3 is 2.64 bits per heavy atom. The lowest BCUT2D eigenvalue weighted by Crippen LogP contribution is -2.41. The van der Waals surface area contributed by atoms with E-state index in [1.54, 1.807) is 0 Å². The van der Waals surface area contributed by atoms with E-state index in [1.807, 2.05) is 42.3 Å². The van der Waals surface area contributed by atoms with E-state index >= 15 is 0 Å². The number of piperidine rings is 1. The second-order valence-corrected chi connectivity index (χ2v) is 6.78. The first-order valence-electron chi connectivity index (χ1n) is 9.13. The van der Waals surface area contributed by atoms with Crippen molar-refractivity contribution in [3.8, 4) is 5.75 Å². The summed E-state index contributed by atoms with van der Waals surface area (Å²) in [7, 11) is 0. The van der Waals surface area contributed by atoms with Gasteiger partial charge in [-0.25, -0.2) is 4.98 Å². The zero-order valence-corrected chi connectivity index (χ0v) is 15.1. The zero-order valence-electron chi connectivity index (χ0n) is 15.1. The van der Waals surface area contributed by atoms with Crippen molar-refractivity contribution in [1.29, 1.82) is 0 Å². The highest BCUT2D eigenvalue weighted by molar-refractivity contribution is 5.77. The molecule has 0 unspecified atom stereocenters. The van der Waals surface area contributed by atoms with Crippen molar-refractivity contribution in [1.82, 2.24) is 14.5 Å². The molecule has 5 heteroatoms. The number of carbonyl (C=O) groups is 1. The number of likely N-dealkylation sites (tertiary alicyclic amines) is 1. The molecule has 0 atom stereocenters. The monoisotopic (exact) mass is 341 g/mol. The van der Waals surface area contributed by atoms with Crippen molar-refractivity contribution in [3.05, 3.63) is 48.0 Å². The molecule has 1 amide bonds. The fraction of sp³-hybridized carbons (Fsp3) is 0.500. The lowest BCUT2D eigenvalue weighted by Gasteiger charge is -2.32. The van der Waals surface area contributed by atoms with E-state index in [0.29, 0.717) is 5.92 Å². The number of aromatic nitrogens is 2. The molecule has 1 aliphatic heterocycles. The van der Waals surface area contributed by atoms with Crippen LogP contribution in [0.5, 0.6) is 5.75 Å². The molecule has 1 fully saturated rings. The first-order chi connectivity index (χ1) is 12.2. The van der Waals surface area contributed by atoms with Crippen molar-refractivity contribution in [2.24, 2.45) is 5.92 Å². The molecule has 0 radical (unpaired) electrons. The lowest BCUT2D eigenvalue weighted by molar-refractivity contribution is -0.134. The van der Waals surface area contributed by atoms with Crippen LogP contribution in [0.25, 0.3) is 0 Å². The van der Waals surface area contributed by atoms with Crippen molar-refractivity contribution in [2.45, 2.75) is 39.7 Å². The van der Waals surface area contributed by atoms with Gasteiger partial charge < -0.3 is 14.2 Å². The number of imidazole rings is 1. The summed E-state index contributed by atoms with van der Waals surface area (Å²) in [6, 6.07) is 7.80. The SMILES string of the molecule is CCc1nccn1CC1CCN(C(=O)COc2ccc(C)cc2)CC1. The number of hydrogen-bond acceptors (Lipinski definition) is 3. The number of amides is 1. The highest BCUT2D eigenvalue weighted by Gasteiger charge is 2.23. The van der Waals surface area contributed by atoms with Crippen LogP contribution in [0, 0.1) is 12.8 Å². The fourth-order valence-corrected chi connectivity index (χ4v) is 3.33. The van der Waals surface area contributed by atoms with Crippen molar-refractivity contribution in [2.75, 3.05) is 19.7 Å². The maximum atomic E-state index is 12.3. The molecule has 5 nitrogen and oxygen atoms in total. The summed E-state index contributed by atoms with van der Waals surface area (Å²) in [6.45, 7) is 6.93. The number of ether oxygens (including phenoxy) is 1. The van der Waals surface area contributed by atoms with E-state index in [4.69, 9.17) is 4.74 Å². The standard InChI is InChI=1S/C20H27N3O2/c1-3-19-21-10-13-23(19)14-17-8-11-22(12-9-17)20(24)15-25-18-6-4-16(2)5-7-18/h4-7,10,13,17H,3,8-9,11-12,14-15H2,1-2H3. The van der Waals surface area contributed by atoms with Gasteiger partial charge in [-0.15, -0.1) is 0 Å². The third-order valence-corrected chi connectivity index (χ3v) is 4.92. The van der Waals surface area contributed by atoms with Gasteiger partial charge in [0, 0.05) is 38.4 Å². The number of hydrogen-bond donors (Lipinski definition) is 0. The van der Waals surface area contributed by atoms with E-state index < -0.39 is 0 Å². The Kier molecular flexibility index (Phi) is 5.74. The summed E-state index contributed by atoms with van der Waals surface area (Å²) < 4.78 is 7.87. The largest absolute Gasteiger partial charge is 0.484 e. The third-order valence-electron chi connectivity index (χ3n) is 4.92. The van der Waals surface area contributed by atoms with E-state index in [-0.39, 0.29) is 12.5 Å². The smallest absolute Gasteiger partial charge is 0.260 e. The molecule has 2 aromatic rings. The number of rotatable bonds is 6. The molecule has 1 aromatic heterocycles. The van der Waals surface area contributed by atoms with Crippen molar-refractivity contribution >= 4 is 5.91 Å². The molecule has 0 spiro atoms. The first-order valence-corrected chi connectivity index (χ1v) is 9.13. The molecule has 1 aromatic carbocycles. The van der Waals surface area contributed by atoms with Gasteiger partial charge in [-0.2, -0.15) is 0 Å². The second-order valence-electron chi connectivity index (χ2n) is 6.78. The molecule has 0 saturated carbocycles. The molecular formula is C20H27N3O2. The summed E-state index contributed by atoms with van der Waals surface area (Å²) in [5.41, 5.74) is 1.19. The van der Waals surface area contributed by atoms with Gasteiger partial charge in [0.25, 0.3) is 5.91 Å². The topological polar surface area (TPSA) is 47.4 Å². The molecule has 0 aliphatic carbocycles. The Labute approximate surface area is 149 Å². The third kappa shape index (κ3) is 4.62. The van der Waals surface area contributed by atoms with Gasteiger partial charge in [-0.05, 0) is 37.8 Å². The molecule has 0 bridgehead atoms. The average Bonchev–Trinajstić information content (AvgIpc) is 3.09. The molecule has 2 heterocycles. The quantitative estimate of drug-likeness (QED) is 0.811. The number of nitrogens with zero attached hydrogens (tertiary/aromatic N) is 3. The van der Waals surface area contributed by atoms with Crippen LogP contribution in [0.15, 0.2) is 36.7 Å². The predicted molar refractivity (Wildman–Crippen MR) is 97.6 cm³/mol. The molecule has 3 rings (SSSR count). The summed E-state index contributed by atoms with van der Waals surface area (Å²) in [4.78, 5) is 18.7. The van der Waals surface area contributed by atoms with Crippen LogP contribution in [-0.2, 0) is 17.8 Å². The van der Waals surface area contributed by atoms with Crippen LogP contribution in [-0.4, -0.2) is 40.1 Å². The van der Waals surface area contributed by atoms with Crippen LogP contribution >= 0.6 is 0 Å². The van der Waals surface area contributed by atoms with Gasteiger partial charge in [0.2, 0.25) is 0 Å². The molecular weight excluding hydrogens is 314 g/mol. The minimum absolute atomic E-state index is 0.0795. The van der Waals surface area contributed by atoms with Crippen LogP contribution in [0.4, 0.5) is 0 Å². The average molecular weight is 341 g/mol. The van der Waals surface area contributed by atoms with E-state index in [0.717, 1.165) is 50.5 Å². The number of carbonyl (C=O) groups excluding carboxylic acids is 1. The van der Waals surface area contributed by atoms with Crippen LogP contribution in [0.2, 0.25) is 0 Å². The normalized spacial score (nSPS) is 15.4. The van der Waals surface area contributed by atoms with Crippen LogP contribution in [0.1, 0.15) is 31.2 Å². The molecule has 25 heavy (non-hydrogen) atoms. The van der Waals surface area contributed by atoms with E-state index in [1.165, 1.54) is 5.56 Å². The van der Waals surface area contributed by atoms with Crippen molar-refractivity contribution in [3.63, 3.8) is 0 Å². The predicted octanol–water partition coefficient (Wildman–Crippen LogP) is 3.07. The zero-order chi connectivity index (χ0) is 17.6. The van der Waals surface area contributed by atoms with Gasteiger partial charge >= 0.3 is 0 Å². The van der Waals surface area contributed by atoms with Crippen molar-refractivity contribution < 1.29 is 9.53 Å². The van der Waals surface area contributed by atoms with Gasteiger partial charge in [-0.3, -0.25) is 4.79 Å². The molecule has 0 N–H and O–H groups in total. The van der Waals surface area contributed by atoms with E-state index in [9.17, 15) is 4.79 Å². The summed E-state index contributed by atoms with van der Waals surface area (Å²) in [5, 5.41) is 0. The Bertz CT molecular complexity index is 685. The highest BCUT2D eigenvalue weighted by atomic mass is 16.5. The van der Waals surface area contributed by atoms with Gasteiger partial charge in [0.05, 0.1) is 0 Å². The Hall–Kier alpha value is -2.30. The number of benzene rings is 1. The number of aryl methyl sites for hydroxylation is 2. The van der Waals surface area contributed by atoms with Crippen LogP contribution < -0.4 is 4.74 Å². The molecule has 1 aliphatic rings. The summed E-state index contributed by atoms with van der Waals surface area (Å²) in [6.07, 6.45) is 6.97. The maximum absolute atomic E-state index is 12.3. The maximum Gasteiger partial charge on any atom is 0.260 e. The lowest BCUT2D eigenvalue weighted by atomic mass is 9.96. The van der Waals surface area contributed by atoms with Gasteiger partial charge in [-0.1, -0.05) is 24.6 Å². The Morgan fingerprint density at radius 2 is 1.96 bits per heavy atom. The fourth-order valence-electron chi connectivity index (χ4n) is 3.33. The Morgan fingerprint density at radius 1 is 1.24 bits per heavy atom. The highest BCUT2D eigenvalue weighted by Crippen LogP contribution is 2.20.